The maximum atomic E-state index is 12.0. The van der Waals surface area contributed by atoms with Crippen molar-refractivity contribution in [3.05, 3.63) is 59.7 Å². The Labute approximate surface area is 154 Å². The van der Waals surface area contributed by atoms with Crippen LogP contribution in [0, 0.1) is 5.92 Å². The fraction of sp³-hybridized carbons (Fsp3) is 0.211. The number of amides is 2. The van der Waals surface area contributed by atoms with Crippen LogP contribution >= 0.6 is 11.8 Å². The highest BCUT2D eigenvalue weighted by atomic mass is 32.2. The zero-order valence-corrected chi connectivity index (χ0v) is 14.8. The van der Waals surface area contributed by atoms with Crippen LogP contribution in [0.4, 0.5) is 0 Å². The maximum Gasteiger partial charge on any atom is 0.269 e. The van der Waals surface area contributed by atoms with Gasteiger partial charge in [-0.05, 0) is 42.7 Å². The average Bonchev–Trinajstić information content (AvgIpc) is 3.44. The van der Waals surface area contributed by atoms with Crippen LogP contribution in [0.15, 0.2) is 53.7 Å². The van der Waals surface area contributed by atoms with Crippen molar-refractivity contribution in [3.63, 3.8) is 0 Å². The molecule has 0 atom stereocenters. The van der Waals surface area contributed by atoms with Crippen molar-refractivity contribution in [2.45, 2.75) is 23.8 Å². The van der Waals surface area contributed by atoms with Gasteiger partial charge in [0.1, 0.15) is 0 Å². The average molecular weight is 366 g/mol. The van der Waals surface area contributed by atoms with Gasteiger partial charge in [-0.2, -0.15) is 0 Å². The van der Waals surface area contributed by atoms with E-state index in [9.17, 15) is 9.59 Å². The molecule has 0 spiro atoms. The number of H-pyrrole nitrogens is 1. The van der Waals surface area contributed by atoms with Crippen molar-refractivity contribution in [1.29, 1.82) is 0 Å². The molecule has 1 saturated carbocycles. The SMILES string of the molecule is O=C(NNC(=O)C1CC1)c1ccc(CSc2nc3ccccc3[nH]2)cc1. The Kier molecular flexibility index (Phi) is 4.62. The van der Waals surface area contributed by atoms with Crippen LogP contribution in [0.2, 0.25) is 0 Å². The lowest BCUT2D eigenvalue weighted by Crippen LogP contribution is -2.42. The molecule has 1 aromatic heterocycles. The smallest absolute Gasteiger partial charge is 0.269 e. The summed E-state index contributed by atoms with van der Waals surface area (Å²) in [6, 6.07) is 15.3. The number of aromatic nitrogens is 2. The fourth-order valence-electron chi connectivity index (χ4n) is 2.54. The summed E-state index contributed by atoms with van der Waals surface area (Å²) in [4.78, 5) is 31.4. The van der Waals surface area contributed by atoms with E-state index >= 15 is 0 Å². The molecule has 1 aliphatic carbocycles. The minimum absolute atomic E-state index is 0.0629. The lowest BCUT2D eigenvalue weighted by molar-refractivity contribution is -0.123. The summed E-state index contributed by atoms with van der Waals surface area (Å²) in [6.45, 7) is 0. The second-order valence-electron chi connectivity index (χ2n) is 6.26. The van der Waals surface area contributed by atoms with E-state index in [1.807, 2.05) is 36.4 Å². The zero-order valence-electron chi connectivity index (χ0n) is 14.0. The predicted molar refractivity (Wildman–Crippen MR) is 100 cm³/mol. The number of fused-ring (bicyclic) bond motifs is 1. The molecule has 2 amide bonds. The van der Waals surface area contributed by atoms with E-state index in [-0.39, 0.29) is 17.7 Å². The third-order valence-corrected chi connectivity index (χ3v) is 5.15. The van der Waals surface area contributed by atoms with Gasteiger partial charge in [-0.1, -0.05) is 36.0 Å². The van der Waals surface area contributed by atoms with Crippen LogP contribution in [-0.2, 0) is 10.5 Å². The second kappa shape index (κ2) is 7.21. The topological polar surface area (TPSA) is 86.9 Å². The number of aromatic amines is 1. The lowest BCUT2D eigenvalue weighted by Gasteiger charge is -2.07. The number of carbonyl (C=O) groups is 2. The standard InChI is InChI=1S/C19H18N4O2S/c24-17(22-23-18(25)14-9-10-14)13-7-5-12(6-8-13)11-26-19-20-15-3-1-2-4-16(15)21-19/h1-8,14H,9-11H2,(H,20,21)(H,22,24)(H,23,25). The van der Waals surface area contributed by atoms with Crippen LogP contribution in [0.3, 0.4) is 0 Å². The monoisotopic (exact) mass is 366 g/mol. The van der Waals surface area contributed by atoms with E-state index in [0.29, 0.717) is 5.56 Å². The summed E-state index contributed by atoms with van der Waals surface area (Å²) >= 11 is 1.61. The molecule has 0 saturated heterocycles. The third-order valence-electron chi connectivity index (χ3n) is 4.21. The van der Waals surface area contributed by atoms with Crippen molar-refractivity contribution < 1.29 is 9.59 Å². The second-order valence-corrected chi connectivity index (χ2v) is 7.23. The first kappa shape index (κ1) is 16.7. The lowest BCUT2D eigenvalue weighted by atomic mass is 10.1. The van der Waals surface area contributed by atoms with Crippen molar-refractivity contribution in [2.75, 3.05) is 0 Å². The normalized spacial score (nSPS) is 13.5. The van der Waals surface area contributed by atoms with Crippen molar-refractivity contribution in [3.8, 4) is 0 Å². The first-order valence-electron chi connectivity index (χ1n) is 8.46. The molecule has 1 heterocycles. The van der Waals surface area contributed by atoms with E-state index in [1.54, 1.807) is 23.9 Å². The number of imidazole rings is 1. The Morgan fingerprint density at radius 2 is 1.85 bits per heavy atom. The maximum absolute atomic E-state index is 12.0. The van der Waals surface area contributed by atoms with Gasteiger partial charge in [0.15, 0.2) is 5.16 Å². The first-order chi connectivity index (χ1) is 12.7. The summed E-state index contributed by atoms with van der Waals surface area (Å²) < 4.78 is 0. The number of nitrogens with one attached hydrogen (secondary N) is 3. The molecule has 3 N–H and O–H groups in total. The number of thioether (sulfide) groups is 1. The summed E-state index contributed by atoms with van der Waals surface area (Å²) in [5.41, 5.74) is 8.50. The summed E-state index contributed by atoms with van der Waals surface area (Å²) in [5, 5.41) is 0.871. The molecule has 0 radical (unpaired) electrons. The number of nitrogens with zero attached hydrogens (tertiary/aromatic N) is 1. The van der Waals surface area contributed by atoms with Gasteiger partial charge >= 0.3 is 0 Å². The number of carbonyl (C=O) groups excluding carboxylic acids is 2. The minimum atomic E-state index is -0.310. The van der Waals surface area contributed by atoms with Crippen LogP contribution in [-0.4, -0.2) is 21.8 Å². The van der Waals surface area contributed by atoms with Gasteiger partial charge in [0, 0.05) is 17.2 Å². The van der Waals surface area contributed by atoms with E-state index in [1.165, 1.54) is 0 Å². The van der Waals surface area contributed by atoms with Gasteiger partial charge in [0.05, 0.1) is 11.0 Å². The highest BCUT2D eigenvalue weighted by molar-refractivity contribution is 7.98. The van der Waals surface area contributed by atoms with Crippen molar-refractivity contribution in [2.24, 2.45) is 5.92 Å². The molecule has 2 aromatic carbocycles. The number of hydrogen-bond acceptors (Lipinski definition) is 4. The number of rotatable bonds is 5. The molecule has 3 aromatic rings. The van der Waals surface area contributed by atoms with Gasteiger partial charge in [0.25, 0.3) is 5.91 Å². The van der Waals surface area contributed by atoms with Gasteiger partial charge in [0.2, 0.25) is 5.91 Å². The first-order valence-corrected chi connectivity index (χ1v) is 9.44. The predicted octanol–water partition coefficient (Wildman–Crippen LogP) is 3.03. The van der Waals surface area contributed by atoms with E-state index in [4.69, 9.17) is 0 Å². The molecular weight excluding hydrogens is 348 g/mol. The minimum Gasteiger partial charge on any atom is -0.333 e. The molecule has 7 heteroatoms. The van der Waals surface area contributed by atoms with E-state index < -0.39 is 0 Å². The van der Waals surface area contributed by atoms with Gasteiger partial charge in [-0.25, -0.2) is 4.98 Å². The van der Waals surface area contributed by atoms with Crippen molar-refractivity contribution in [1.82, 2.24) is 20.8 Å². The Morgan fingerprint density at radius 3 is 2.58 bits per heavy atom. The summed E-state index contributed by atoms with van der Waals surface area (Å²) in [6.07, 6.45) is 1.80. The van der Waals surface area contributed by atoms with E-state index in [0.717, 1.165) is 40.3 Å². The van der Waals surface area contributed by atoms with Gasteiger partial charge in [-0.15, -0.1) is 0 Å². The van der Waals surface area contributed by atoms with Gasteiger partial charge < -0.3 is 4.98 Å². The molecular formula is C19H18N4O2S. The Bertz CT molecular complexity index is 915. The molecule has 1 aliphatic rings. The molecule has 6 nitrogen and oxygen atoms in total. The number of benzene rings is 2. The highest BCUT2D eigenvalue weighted by Crippen LogP contribution is 2.28. The highest BCUT2D eigenvalue weighted by Gasteiger charge is 2.29. The largest absolute Gasteiger partial charge is 0.333 e. The van der Waals surface area contributed by atoms with Crippen LogP contribution in [0.25, 0.3) is 11.0 Å². The molecule has 0 bridgehead atoms. The fourth-order valence-corrected chi connectivity index (χ4v) is 3.38. The molecule has 4 rings (SSSR count). The summed E-state index contributed by atoms with van der Waals surface area (Å²) in [7, 11) is 0. The molecule has 26 heavy (non-hydrogen) atoms. The molecule has 0 unspecified atom stereocenters. The summed E-state index contributed by atoms with van der Waals surface area (Å²) in [5.74, 6) is 0.390. The molecule has 0 aliphatic heterocycles. The van der Waals surface area contributed by atoms with Crippen LogP contribution in [0.1, 0.15) is 28.8 Å². The quantitative estimate of drug-likeness (QED) is 0.478. The molecule has 1 fully saturated rings. The zero-order chi connectivity index (χ0) is 17.9. The number of para-hydroxylation sites is 2. The third kappa shape index (κ3) is 3.88. The Morgan fingerprint density at radius 1 is 1.08 bits per heavy atom. The Hall–Kier alpha value is -2.80. The van der Waals surface area contributed by atoms with Crippen molar-refractivity contribution >= 4 is 34.6 Å². The molecule has 132 valence electrons. The van der Waals surface area contributed by atoms with Gasteiger partial charge in [-0.3, -0.25) is 20.4 Å². The number of hydrogen-bond donors (Lipinski definition) is 3. The van der Waals surface area contributed by atoms with Crippen LogP contribution < -0.4 is 10.9 Å². The Balaban J connectivity index is 1.31. The van der Waals surface area contributed by atoms with E-state index in [2.05, 4.69) is 20.8 Å². The number of hydrazine groups is 1. The van der Waals surface area contributed by atoms with Crippen LogP contribution in [0.5, 0.6) is 0 Å².